The highest BCUT2D eigenvalue weighted by Crippen LogP contribution is 2.49. The maximum Gasteiger partial charge on any atom is 0.255 e. The van der Waals surface area contributed by atoms with Crippen LogP contribution in [-0.4, -0.2) is 22.4 Å². The third kappa shape index (κ3) is 5.15. The summed E-state index contributed by atoms with van der Waals surface area (Å²) in [6.45, 7) is 6.23. The topological polar surface area (TPSA) is 71.1 Å². The Morgan fingerprint density at radius 2 is 1.92 bits per heavy atom. The number of amides is 1. The van der Waals surface area contributed by atoms with Crippen LogP contribution < -0.4 is 10.6 Å². The summed E-state index contributed by atoms with van der Waals surface area (Å²) >= 11 is 3.56. The number of anilines is 1. The Morgan fingerprint density at radius 3 is 2.62 bits per heavy atom. The number of hydrogen-bond donors (Lipinski definition) is 2. The molecule has 2 aromatic heterocycles. The lowest BCUT2D eigenvalue weighted by atomic mass is 9.72. The van der Waals surface area contributed by atoms with Crippen molar-refractivity contribution in [3.05, 3.63) is 99.3 Å². The second-order valence-corrected chi connectivity index (χ2v) is 12.0. The lowest BCUT2D eigenvalue weighted by Gasteiger charge is -2.37. The summed E-state index contributed by atoms with van der Waals surface area (Å²) in [5.74, 6) is 1.02. The van der Waals surface area contributed by atoms with E-state index in [0.717, 1.165) is 41.1 Å². The first-order chi connectivity index (χ1) is 18.0. The second kappa shape index (κ2) is 11.1. The van der Waals surface area contributed by atoms with Gasteiger partial charge >= 0.3 is 0 Å². The molecule has 0 unspecified atom stereocenters. The van der Waals surface area contributed by atoms with Crippen LogP contribution in [0.1, 0.15) is 61.5 Å². The quantitative estimate of drug-likeness (QED) is 0.329. The van der Waals surface area contributed by atoms with Crippen LogP contribution in [0.4, 0.5) is 5.82 Å². The van der Waals surface area contributed by atoms with E-state index in [1.165, 1.54) is 14.6 Å². The van der Waals surface area contributed by atoms with Gasteiger partial charge in [-0.15, -0.1) is 23.1 Å². The van der Waals surface area contributed by atoms with Crippen molar-refractivity contribution in [3.8, 4) is 0 Å². The van der Waals surface area contributed by atoms with Crippen LogP contribution in [0.5, 0.6) is 0 Å². The van der Waals surface area contributed by atoms with E-state index in [-0.39, 0.29) is 17.6 Å². The van der Waals surface area contributed by atoms with Crippen LogP contribution in [-0.2, 0) is 16.0 Å². The van der Waals surface area contributed by atoms with Crippen molar-refractivity contribution in [2.24, 2.45) is 0 Å². The number of Topliss-reactive ketones (excluding diaryl/α,β-unsaturated/α-hetero) is 1. The molecule has 2 aliphatic rings. The van der Waals surface area contributed by atoms with Gasteiger partial charge in [-0.25, -0.2) is 4.98 Å². The average molecular weight is 530 g/mol. The Balaban J connectivity index is 1.61. The van der Waals surface area contributed by atoms with E-state index in [9.17, 15) is 9.59 Å². The zero-order chi connectivity index (χ0) is 25.9. The van der Waals surface area contributed by atoms with Crippen molar-refractivity contribution in [2.75, 3.05) is 11.1 Å². The molecule has 0 bridgehead atoms. The lowest BCUT2D eigenvalue weighted by Crippen LogP contribution is -2.37. The van der Waals surface area contributed by atoms with E-state index in [0.29, 0.717) is 17.8 Å². The fourth-order valence-electron chi connectivity index (χ4n) is 5.29. The van der Waals surface area contributed by atoms with E-state index in [4.69, 9.17) is 0 Å². The number of aryl methyl sites for hydroxylation is 1. The number of nitrogens with one attached hydrogen (secondary N) is 2. The number of hydrogen-bond acceptors (Lipinski definition) is 6. The highest BCUT2D eigenvalue weighted by molar-refractivity contribution is 8.01. The number of carbonyl (C=O) groups is 2. The SMILES string of the molecule is CCSc1sc(CC)cc1[C@H]1C(C(=O)Nc2ccccn2)=C(C)NC2=C1C(=O)C[C@H](c1ccccc1)C2. The molecule has 0 spiro atoms. The zero-order valence-electron chi connectivity index (χ0n) is 21.3. The second-order valence-electron chi connectivity index (χ2n) is 9.34. The molecule has 0 saturated heterocycles. The normalized spacial score (nSPS) is 19.5. The molecule has 0 fully saturated rings. The number of aromatic nitrogens is 1. The van der Waals surface area contributed by atoms with Crippen molar-refractivity contribution in [2.45, 2.75) is 56.1 Å². The van der Waals surface area contributed by atoms with E-state index < -0.39 is 5.92 Å². The Hall–Kier alpha value is -3.16. The fourth-order valence-corrected chi connectivity index (χ4v) is 7.67. The third-order valence-corrected chi connectivity index (χ3v) is 9.44. The summed E-state index contributed by atoms with van der Waals surface area (Å²) in [7, 11) is 0. The predicted molar refractivity (Wildman–Crippen MR) is 152 cm³/mol. The maximum absolute atomic E-state index is 13.9. The number of ketones is 1. The monoisotopic (exact) mass is 529 g/mol. The number of thioether (sulfide) groups is 1. The number of allylic oxidation sites excluding steroid dienone is 3. The van der Waals surface area contributed by atoms with Crippen molar-refractivity contribution in [1.82, 2.24) is 10.3 Å². The van der Waals surface area contributed by atoms with Gasteiger partial charge in [-0.3, -0.25) is 9.59 Å². The van der Waals surface area contributed by atoms with Gasteiger partial charge in [-0.2, -0.15) is 0 Å². The largest absolute Gasteiger partial charge is 0.362 e. The van der Waals surface area contributed by atoms with E-state index in [1.807, 2.05) is 37.3 Å². The number of thiophene rings is 1. The molecule has 5 nitrogen and oxygen atoms in total. The molecule has 2 N–H and O–H groups in total. The smallest absolute Gasteiger partial charge is 0.255 e. The summed E-state index contributed by atoms with van der Waals surface area (Å²) in [6.07, 6.45) is 3.76. The summed E-state index contributed by atoms with van der Waals surface area (Å²) in [5, 5.41) is 6.46. The molecule has 5 rings (SSSR count). The molecule has 3 aromatic rings. The molecular formula is C30H31N3O2S2. The summed E-state index contributed by atoms with van der Waals surface area (Å²) in [4.78, 5) is 33.2. The number of benzene rings is 1. The third-order valence-electron chi connectivity index (χ3n) is 6.96. The van der Waals surface area contributed by atoms with Gasteiger partial charge in [0.25, 0.3) is 5.91 Å². The molecule has 37 heavy (non-hydrogen) atoms. The van der Waals surface area contributed by atoms with Crippen molar-refractivity contribution in [3.63, 3.8) is 0 Å². The first-order valence-electron chi connectivity index (χ1n) is 12.8. The Labute approximate surface area is 226 Å². The molecular weight excluding hydrogens is 498 g/mol. The summed E-state index contributed by atoms with van der Waals surface area (Å²) in [6, 6.07) is 17.9. The van der Waals surface area contributed by atoms with Crippen LogP contribution in [0.2, 0.25) is 0 Å². The van der Waals surface area contributed by atoms with E-state index in [2.05, 4.69) is 47.7 Å². The molecule has 1 aromatic carbocycles. The van der Waals surface area contributed by atoms with Gasteiger partial charge in [0.1, 0.15) is 5.82 Å². The molecule has 0 radical (unpaired) electrons. The summed E-state index contributed by atoms with van der Waals surface area (Å²) < 4.78 is 1.19. The van der Waals surface area contributed by atoms with Crippen LogP contribution >= 0.6 is 23.1 Å². The van der Waals surface area contributed by atoms with Gasteiger partial charge in [0, 0.05) is 46.0 Å². The van der Waals surface area contributed by atoms with Crippen molar-refractivity contribution < 1.29 is 9.59 Å². The summed E-state index contributed by atoms with van der Waals surface area (Å²) in [5.41, 5.74) is 5.30. The number of pyridine rings is 1. The van der Waals surface area contributed by atoms with Crippen LogP contribution in [0, 0.1) is 0 Å². The minimum Gasteiger partial charge on any atom is -0.362 e. The average Bonchev–Trinajstić information content (AvgIpc) is 3.31. The minimum absolute atomic E-state index is 0.111. The fraction of sp³-hybridized carbons (Fsp3) is 0.300. The van der Waals surface area contributed by atoms with Gasteiger partial charge in [0.05, 0.1) is 4.21 Å². The maximum atomic E-state index is 13.9. The molecule has 190 valence electrons. The number of dihydropyridines is 1. The molecule has 1 aliphatic heterocycles. The zero-order valence-corrected chi connectivity index (χ0v) is 23.0. The van der Waals surface area contributed by atoms with Gasteiger partial charge in [0.2, 0.25) is 0 Å². The Bertz CT molecular complexity index is 1380. The molecule has 2 atom stereocenters. The van der Waals surface area contributed by atoms with Crippen molar-refractivity contribution >= 4 is 40.6 Å². The van der Waals surface area contributed by atoms with E-state index >= 15 is 0 Å². The number of nitrogens with zero attached hydrogens (tertiary/aromatic N) is 1. The van der Waals surface area contributed by atoms with Crippen molar-refractivity contribution in [1.29, 1.82) is 0 Å². The number of rotatable bonds is 7. The Kier molecular flexibility index (Phi) is 7.63. The van der Waals surface area contributed by atoms with Gasteiger partial charge in [0.15, 0.2) is 5.78 Å². The van der Waals surface area contributed by atoms with Gasteiger partial charge < -0.3 is 10.6 Å². The van der Waals surface area contributed by atoms with Crippen LogP contribution in [0.25, 0.3) is 0 Å². The highest BCUT2D eigenvalue weighted by Gasteiger charge is 2.42. The van der Waals surface area contributed by atoms with Gasteiger partial charge in [-0.1, -0.05) is 50.2 Å². The molecule has 3 heterocycles. The lowest BCUT2D eigenvalue weighted by molar-refractivity contribution is -0.116. The molecule has 0 saturated carbocycles. The van der Waals surface area contributed by atoms with Crippen LogP contribution in [0.3, 0.4) is 0 Å². The van der Waals surface area contributed by atoms with E-state index in [1.54, 1.807) is 35.4 Å². The van der Waals surface area contributed by atoms with Gasteiger partial charge in [-0.05, 0) is 60.8 Å². The van der Waals surface area contributed by atoms with Crippen LogP contribution in [0.15, 0.2) is 87.5 Å². The Morgan fingerprint density at radius 1 is 1.14 bits per heavy atom. The minimum atomic E-state index is -0.408. The standard InChI is InChI=1S/C30H31N3O2S2/c1-4-21-17-22(30(37-21)36-5-2)27-26(29(35)33-25-13-9-10-14-31-25)18(3)32-23-15-20(16-24(34)28(23)27)19-11-7-6-8-12-19/h6-14,17,20,27,32H,4-5,15-16H2,1-3H3,(H,31,33,35)/t20-,27+/m1/s1. The molecule has 7 heteroatoms. The highest BCUT2D eigenvalue weighted by atomic mass is 32.2. The number of carbonyl (C=O) groups excluding carboxylic acids is 2. The molecule has 1 aliphatic carbocycles. The predicted octanol–water partition coefficient (Wildman–Crippen LogP) is 6.82. The first kappa shape index (κ1) is 25.5. The molecule has 1 amide bonds. The first-order valence-corrected chi connectivity index (χ1v) is 14.6.